The molecule has 9 heteroatoms. The zero-order chi connectivity index (χ0) is 23.4. The van der Waals surface area contributed by atoms with Crippen LogP contribution in [0.3, 0.4) is 0 Å². The summed E-state index contributed by atoms with van der Waals surface area (Å²) in [6.07, 6.45) is 3.53. The van der Waals surface area contributed by atoms with E-state index in [4.69, 9.17) is 9.47 Å². The number of rotatable bonds is 7. The number of amidine groups is 1. The molecule has 1 atom stereocenters. The lowest BCUT2D eigenvalue weighted by atomic mass is 9.94. The smallest absolute Gasteiger partial charge is 0.338 e. The van der Waals surface area contributed by atoms with Crippen LogP contribution >= 0.6 is 11.8 Å². The number of amides is 1. The van der Waals surface area contributed by atoms with Gasteiger partial charge in [-0.05, 0) is 47.7 Å². The Balaban J connectivity index is 1.60. The molecule has 1 aromatic heterocycles. The first-order valence-electron chi connectivity index (χ1n) is 10.3. The van der Waals surface area contributed by atoms with E-state index in [9.17, 15) is 9.59 Å². The molecule has 2 aliphatic heterocycles. The number of nitrogens with one attached hydrogen (secondary N) is 1. The van der Waals surface area contributed by atoms with Gasteiger partial charge in [0.15, 0.2) is 5.17 Å². The summed E-state index contributed by atoms with van der Waals surface area (Å²) in [5.41, 5.74) is 3.64. The highest BCUT2D eigenvalue weighted by Gasteiger charge is 2.40. The fourth-order valence-corrected chi connectivity index (χ4v) is 4.73. The highest BCUT2D eigenvalue weighted by atomic mass is 32.2. The van der Waals surface area contributed by atoms with Gasteiger partial charge in [0.2, 0.25) is 5.91 Å². The monoisotopic (exact) mass is 464 g/mol. The number of esters is 1. The van der Waals surface area contributed by atoms with Crippen LogP contribution in [0.1, 0.15) is 30.5 Å². The van der Waals surface area contributed by atoms with Crippen LogP contribution in [0.4, 0.5) is 0 Å². The third-order valence-corrected chi connectivity index (χ3v) is 6.31. The van der Waals surface area contributed by atoms with Gasteiger partial charge in [-0.2, -0.15) is 0 Å². The molecule has 3 heterocycles. The van der Waals surface area contributed by atoms with Crippen molar-refractivity contribution in [3.8, 4) is 5.75 Å². The van der Waals surface area contributed by atoms with Gasteiger partial charge in [-0.3, -0.25) is 9.78 Å². The number of aliphatic imine (C=N–C) groups is 1. The van der Waals surface area contributed by atoms with E-state index in [0.717, 1.165) is 22.0 Å². The Morgan fingerprint density at radius 2 is 1.85 bits per heavy atom. The van der Waals surface area contributed by atoms with Gasteiger partial charge in [-0.1, -0.05) is 23.9 Å². The fourth-order valence-electron chi connectivity index (χ4n) is 3.77. The number of thioether (sulfide) groups is 1. The van der Waals surface area contributed by atoms with E-state index in [1.807, 2.05) is 46.7 Å². The number of carbonyl (C=O) groups is 2. The van der Waals surface area contributed by atoms with E-state index < -0.39 is 12.0 Å². The van der Waals surface area contributed by atoms with Crippen LogP contribution in [0.15, 0.2) is 76.2 Å². The molecule has 0 radical (unpaired) electrons. The van der Waals surface area contributed by atoms with Crippen LogP contribution in [-0.4, -0.2) is 41.1 Å². The van der Waals surface area contributed by atoms with Crippen molar-refractivity contribution in [2.75, 3.05) is 14.2 Å². The van der Waals surface area contributed by atoms with Crippen molar-refractivity contribution in [1.82, 2.24) is 15.2 Å². The lowest BCUT2D eigenvalue weighted by molar-refractivity contribution is -0.136. The second-order valence-corrected chi connectivity index (χ2v) is 8.30. The van der Waals surface area contributed by atoms with Gasteiger partial charge in [0.25, 0.3) is 0 Å². The molecule has 1 aromatic carbocycles. The first-order valence-corrected chi connectivity index (χ1v) is 11.2. The lowest BCUT2D eigenvalue weighted by Gasteiger charge is -2.36. The summed E-state index contributed by atoms with van der Waals surface area (Å²) in [5.74, 6) is 0.139. The van der Waals surface area contributed by atoms with Crippen LogP contribution in [0.25, 0.3) is 0 Å². The fraction of sp³-hybridized carbons (Fsp3) is 0.250. The summed E-state index contributed by atoms with van der Waals surface area (Å²) in [4.78, 5) is 36.1. The Hall–Kier alpha value is -3.59. The summed E-state index contributed by atoms with van der Waals surface area (Å²) in [7, 11) is 2.96. The van der Waals surface area contributed by atoms with Crippen molar-refractivity contribution in [3.05, 3.63) is 82.3 Å². The van der Waals surface area contributed by atoms with E-state index in [1.54, 1.807) is 26.4 Å². The van der Waals surface area contributed by atoms with Gasteiger partial charge in [-0.25, -0.2) is 9.79 Å². The minimum atomic E-state index is -0.467. The second kappa shape index (κ2) is 9.91. The third kappa shape index (κ3) is 4.78. The Labute approximate surface area is 196 Å². The second-order valence-electron chi connectivity index (χ2n) is 7.47. The lowest BCUT2D eigenvalue weighted by Crippen LogP contribution is -2.37. The SMILES string of the molecule is COC(=O)C1=C(C)N=C2SC=C(CC(=O)NCc3ccncc3)N2C1c1ccc(OC)cc1. The molecule has 1 unspecified atom stereocenters. The molecule has 2 aromatic rings. The molecule has 1 N–H and O–H groups in total. The number of aromatic nitrogens is 1. The average molecular weight is 465 g/mol. The van der Waals surface area contributed by atoms with Crippen LogP contribution < -0.4 is 10.1 Å². The van der Waals surface area contributed by atoms with Gasteiger partial charge in [-0.15, -0.1) is 0 Å². The zero-order valence-electron chi connectivity index (χ0n) is 18.6. The highest BCUT2D eigenvalue weighted by Crippen LogP contribution is 2.45. The Morgan fingerprint density at radius 3 is 2.52 bits per heavy atom. The molecule has 0 spiro atoms. The maximum absolute atomic E-state index is 12.7. The predicted molar refractivity (Wildman–Crippen MR) is 126 cm³/mol. The molecule has 0 saturated heterocycles. The standard InChI is InChI=1S/C24H24N4O4S/c1-15-21(23(30)32-3)22(17-4-6-19(31-2)7-5-17)28-18(14-33-24(28)27-15)12-20(29)26-13-16-8-10-25-11-9-16/h4-11,14,22H,12-13H2,1-3H3,(H,26,29). The van der Waals surface area contributed by atoms with Crippen LogP contribution in [0.5, 0.6) is 5.75 Å². The highest BCUT2D eigenvalue weighted by molar-refractivity contribution is 8.16. The summed E-state index contributed by atoms with van der Waals surface area (Å²) >= 11 is 1.44. The molecule has 0 fully saturated rings. The first-order chi connectivity index (χ1) is 16.0. The van der Waals surface area contributed by atoms with Crippen LogP contribution in [-0.2, 0) is 20.9 Å². The molecule has 8 nitrogen and oxygen atoms in total. The summed E-state index contributed by atoms with van der Waals surface area (Å²) < 4.78 is 10.4. The molecule has 0 bridgehead atoms. The van der Waals surface area contributed by atoms with Crippen LogP contribution in [0.2, 0.25) is 0 Å². The minimum Gasteiger partial charge on any atom is -0.497 e. The molecular weight excluding hydrogens is 440 g/mol. The van der Waals surface area contributed by atoms with Crippen LogP contribution in [0, 0.1) is 0 Å². The minimum absolute atomic E-state index is 0.126. The molecule has 0 aliphatic carbocycles. The van der Waals surface area contributed by atoms with E-state index >= 15 is 0 Å². The number of nitrogens with zero attached hydrogens (tertiary/aromatic N) is 3. The number of pyridine rings is 1. The Morgan fingerprint density at radius 1 is 1.12 bits per heavy atom. The summed E-state index contributed by atoms with van der Waals surface area (Å²) in [5, 5.41) is 5.57. The topological polar surface area (TPSA) is 93.1 Å². The predicted octanol–water partition coefficient (Wildman–Crippen LogP) is 3.54. The average Bonchev–Trinajstić information content (AvgIpc) is 3.23. The molecule has 4 rings (SSSR count). The van der Waals surface area contributed by atoms with Gasteiger partial charge < -0.3 is 19.7 Å². The van der Waals surface area contributed by atoms with E-state index in [0.29, 0.717) is 23.6 Å². The summed E-state index contributed by atoms with van der Waals surface area (Å²) in [6.45, 7) is 2.21. The maximum atomic E-state index is 12.7. The number of ether oxygens (including phenoxy) is 2. The molecule has 33 heavy (non-hydrogen) atoms. The molecular formula is C24H24N4O4S. The number of allylic oxidation sites excluding steroid dienone is 1. The number of hydrogen-bond acceptors (Lipinski definition) is 8. The number of benzene rings is 1. The largest absolute Gasteiger partial charge is 0.497 e. The first kappa shape index (κ1) is 22.6. The van der Waals surface area contributed by atoms with Gasteiger partial charge >= 0.3 is 5.97 Å². The van der Waals surface area contributed by atoms with E-state index in [1.165, 1.54) is 18.9 Å². The van der Waals surface area contributed by atoms with Gasteiger partial charge in [0.1, 0.15) is 5.75 Å². The van der Waals surface area contributed by atoms with Crippen molar-refractivity contribution in [3.63, 3.8) is 0 Å². The van der Waals surface area contributed by atoms with E-state index in [2.05, 4.69) is 15.3 Å². The number of carbonyl (C=O) groups excluding carboxylic acids is 2. The molecule has 170 valence electrons. The maximum Gasteiger partial charge on any atom is 0.338 e. The van der Waals surface area contributed by atoms with Crippen molar-refractivity contribution in [1.29, 1.82) is 0 Å². The van der Waals surface area contributed by atoms with Crippen molar-refractivity contribution >= 4 is 28.8 Å². The zero-order valence-corrected chi connectivity index (χ0v) is 19.4. The molecule has 1 amide bonds. The van der Waals surface area contributed by atoms with Crippen molar-refractivity contribution in [2.24, 2.45) is 4.99 Å². The molecule has 0 saturated carbocycles. The van der Waals surface area contributed by atoms with E-state index in [-0.39, 0.29) is 12.3 Å². The van der Waals surface area contributed by atoms with Gasteiger partial charge in [0, 0.05) is 24.6 Å². The normalized spacial score (nSPS) is 17.2. The third-order valence-electron chi connectivity index (χ3n) is 5.42. The number of fused-ring (bicyclic) bond motifs is 1. The molecule has 2 aliphatic rings. The summed E-state index contributed by atoms with van der Waals surface area (Å²) in [6, 6.07) is 10.8. The quantitative estimate of drug-likeness (QED) is 0.627. The number of hydrogen-bond donors (Lipinski definition) is 1. The van der Waals surface area contributed by atoms with Crippen molar-refractivity contribution in [2.45, 2.75) is 25.9 Å². The Kier molecular flexibility index (Phi) is 6.79. The number of methoxy groups -OCH3 is 2. The van der Waals surface area contributed by atoms with Gasteiger partial charge in [0.05, 0.1) is 38.0 Å². The Bertz CT molecular complexity index is 1140. The van der Waals surface area contributed by atoms with Crippen molar-refractivity contribution < 1.29 is 19.1 Å².